The number of nitrogens with one attached hydrogen (secondary N) is 3. The second-order valence-corrected chi connectivity index (χ2v) is 6.36. The predicted molar refractivity (Wildman–Crippen MR) is 97.0 cm³/mol. The maximum absolute atomic E-state index is 11.9. The van der Waals surface area contributed by atoms with E-state index in [-0.39, 0.29) is 18.0 Å². The van der Waals surface area contributed by atoms with Crippen molar-refractivity contribution in [3.63, 3.8) is 0 Å². The van der Waals surface area contributed by atoms with Crippen LogP contribution in [0.2, 0.25) is 5.02 Å². The first-order valence-electron chi connectivity index (χ1n) is 8.42. The van der Waals surface area contributed by atoms with Gasteiger partial charge in [0.15, 0.2) is 0 Å². The lowest BCUT2D eigenvalue weighted by molar-refractivity contribution is -0.122. The van der Waals surface area contributed by atoms with Crippen LogP contribution in [-0.4, -0.2) is 62.7 Å². The molecular formula is C17H25ClN4O3. The Hall–Kier alpha value is -1.99. The highest BCUT2D eigenvalue weighted by Crippen LogP contribution is 2.15. The number of benzene rings is 1. The van der Waals surface area contributed by atoms with Crippen molar-refractivity contribution in [1.82, 2.24) is 20.9 Å². The van der Waals surface area contributed by atoms with Crippen molar-refractivity contribution in [1.29, 1.82) is 0 Å². The molecule has 3 N–H and O–H groups in total. The van der Waals surface area contributed by atoms with E-state index in [9.17, 15) is 9.59 Å². The van der Waals surface area contributed by atoms with E-state index in [4.69, 9.17) is 16.3 Å². The van der Waals surface area contributed by atoms with Crippen LogP contribution in [0, 0.1) is 0 Å². The van der Waals surface area contributed by atoms with E-state index in [0.29, 0.717) is 24.7 Å². The van der Waals surface area contributed by atoms with Gasteiger partial charge in [0.1, 0.15) is 12.4 Å². The fraction of sp³-hybridized carbons (Fsp3) is 0.529. The van der Waals surface area contributed by atoms with Gasteiger partial charge in [0.25, 0.3) is 0 Å². The van der Waals surface area contributed by atoms with E-state index in [1.165, 1.54) is 0 Å². The number of likely N-dealkylation sites (N-methyl/N-ethyl adjacent to an activating group) is 1. The molecule has 0 radical (unpaired) electrons. The van der Waals surface area contributed by atoms with Crippen molar-refractivity contribution in [2.24, 2.45) is 0 Å². The third-order valence-electron chi connectivity index (χ3n) is 4.04. The summed E-state index contributed by atoms with van der Waals surface area (Å²) in [4.78, 5) is 25.3. The number of amides is 3. The maximum atomic E-state index is 11.9. The number of carbonyl (C=O) groups excluding carboxylic acids is 2. The second kappa shape index (κ2) is 10.1. The highest BCUT2D eigenvalue weighted by Gasteiger charge is 2.21. The van der Waals surface area contributed by atoms with Crippen LogP contribution < -0.4 is 20.7 Å². The summed E-state index contributed by atoms with van der Waals surface area (Å²) in [5.41, 5.74) is 0. The SMILES string of the molecule is CNC(=O)CN1CCC(NC(=O)NCCOc2ccc(Cl)cc2)CC1. The molecule has 1 aromatic carbocycles. The minimum atomic E-state index is -0.190. The molecule has 8 heteroatoms. The van der Waals surface area contributed by atoms with Crippen LogP contribution in [0.3, 0.4) is 0 Å². The highest BCUT2D eigenvalue weighted by molar-refractivity contribution is 6.30. The Morgan fingerprint density at radius 3 is 2.56 bits per heavy atom. The molecule has 0 aromatic heterocycles. The van der Waals surface area contributed by atoms with Gasteiger partial charge in [-0.1, -0.05) is 11.6 Å². The zero-order valence-electron chi connectivity index (χ0n) is 14.4. The predicted octanol–water partition coefficient (Wildman–Crippen LogP) is 1.23. The Bertz CT molecular complexity index is 560. The summed E-state index contributed by atoms with van der Waals surface area (Å²) in [6.07, 6.45) is 1.68. The van der Waals surface area contributed by atoms with Gasteiger partial charge in [-0.05, 0) is 37.1 Å². The fourth-order valence-electron chi connectivity index (χ4n) is 2.62. The quantitative estimate of drug-likeness (QED) is 0.632. The van der Waals surface area contributed by atoms with Crippen LogP contribution in [0.5, 0.6) is 5.75 Å². The van der Waals surface area contributed by atoms with Gasteiger partial charge < -0.3 is 20.7 Å². The van der Waals surface area contributed by atoms with E-state index < -0.39 is 0 Å². The topological polar surface area (TPSA) is 82.7 Å². The Morgan fingerprint density at radius 2 is 1.92 bits per heavy atom. The molecule has 1 saturated heterocycles. The van der Waals surface area contributed by atoms with Crippen molar-refractivity contribution in [3.05, 3.63) is 29.3 Å². The summed E-state index contributed by atoms with van der Waals surface area (Å²) in [5, 5.41) is 9.03. The zero-order valence-corrected chi connectivity index (χ0v) is 15.1. The molecule has 3 amide bonds. The van der Waals surface area contributed by atoms with Gasteiger partial charge >= 0.3 is 6.03 Å². The van der Waals surface area contributed by atoms with Crippen LogP contribution in [0.15, 0.2) is 24.3 Å². The average Bonchev–Trinajstić information content (AvgIpc) is 2.62. The first kappa shape index (κ1) is 19.3. The third-order valence-corrected chi connectivity index (χ3v) is 4.29. The van der Waals surface area contributed by atoms with Gasteiger partial charge in [-0.3, -0.25) is 9.69 Å². The van der Waals surface area contributed by atoms with Crippen LogP contribution >= 0.6 is 11.6 Å². The number of halogens is 1. The van der Waals surface area contributed by atoms with Gasteiger partial charge in [0.2, 0.25) is 5.91 Å². The number of hydrogen-bond donors (Lipinski definition) is 3. The number of nitrogens with zero attached hydrogens (tertiary/aromatic N) is 1. The third kappa shape index (κ3) is 7.19. The summed E-state index contributed by atoms with van der Waals surface area (Å²) in [5.74, 6) is 0.736. The lowest BCUT2D eigenvalue weighted by Crippen LogP contribution is -2.49. The molecule has 0 aliphatic carbocycles. The van der Waals surface area contributed by atoms with E-state index in [1.54, 1.807) is 31.3 Å². The summed E-state index contributed by atoms with van der Waals surface area (Å²) in [6.45, 7) is 2.83. The standard InChI is InChI=1S/C17H25ClN4O3/c1-19-16(23)12-22-9-6-14(7-10-22)21-17(24)20-8-11-25-15-4-2-13(18)3-5-15/h2-5,14H,6-12H2,1H3,(H,19,23)(H2,20,21,24). The van der Waals surface area contributed by atoms with E-state index in [1.807, 2.05) is 0 Å². The summed E-state index contributed by atoms with van der Waals surface area (Å²) in [7, 11) is 1.64. The molecule has 138 valence electrons. The van der Waals surface area contributed by atoms with Crippen molar-refractivity contribution in [2.45, 2.75) is 18.9 Å². The van der Waals surface area contributed by atoms with Gasteiger partial charge in [-0.25, -0.2) is 4.79 Å². The van der Waals surface area contributed by atoms with E-state index in [2.05, 4.69) is 20.9 Å². The molecule has 25 heavy (non-hydrogen) atoms. The summed E-state index contributed by atoms with van der Waals surface area (Å²) >= 11 is 5.80. The highest BCUT2D eigenvalue weighted by atomic mass is 35.5. The molecular weight excluding hydrogens is 344 g/mol. The van der Waals surface area contributed by atoms with Crippen LogP contribution in [0.1, 0.15) is 12.8 Å². The monoisotopic (exact) mass is 368 g/mol. The minimum Gasteiger partial charge on any atom is -0.492 e. The molecule has 1 fully saturated rings. The molecule has 1 aliphatic heterocycles. The molecule has 2 rings (SSSR count). The average molecular weight is 369 g/mol. The van der Waals surface area contributed by atoms with Gasteiger partial charge in [-0.15, -0.1) is 0 Å². The molecule has 0 saturated carbocycles. The number of rotatable bonds is 7. The summed E-state index contributed by atoms with van der Waals surface area (Å²) in [6, 6.07) is 7.04. The molecule has 0 bridgehead atoms. The summed E-state index contributed by atoms with van der Waals surface area (Å²) < 4.78 is 5.52. The molecule has 0 spiro atoms. The van der Waals surface area contributed by atoms with Crippen molar-refractivity contribution < 1.29 is 14.3 Å². The normalized spacial score (nSPS) is 15.4. The number of hydrogen-bond acceptors (Lipinski definition) is 4. The Balaban J connectivity index is 1.56. The number of urea groups is 1. The lowest BCUT2D eigenvalue weighted by Gasteiger charge is -2.31. The molecule has 7 nitrogen and oxygen atoms in total. The lowest BCUT2D eigenvalue weighted by atomic mass is 10.1. The molecule has 0 unspecified atom stereocenters. The molecule has 0 atom stereocenters. The van der Waals surface area contributed by atoms with Crippen molar-refractivity contribution >= 4 is 23.5 Å². The zero-order chi connectivity index (χ0) is 18.1. The first-order valence-corrected chi connectivity index (χ1v) is 8.80. The second-order valence-electron chi connectivity index (χ2n) is 5.93. The Labute approximate surface area is 153 Å². The van der Waals surface area contributed by atoms with Crippen LogP contribution in [-0.2, 0) is 4.79 Å². The van der Waals surface area contributed by atoms with Gasteiger partial charge in [0, 0.05) is 31.2 Å². The minimum absolute atomic E-state index is 0.0184. The number of carbonyl (C=O) groups is 2. The van der Waals surface area contributed by atoms with Crippen molar-refractivity contribution in [3.8, 4) is 5.75 Å². The number of likely N-dealkylation sites (tertiary alicyclic amines) is 1. The number of ether oxygens (including phenoxy) is 1. The number of piperidine rings is 1. The smallest absolute Gasteiger partial charge is 0.315 e. The Morgan fingerprint density at radius 1 is 1.24 bits per heavy atom. The Kier molecular flexibility index (Phi) is 7.81. The van der Waals surface area contributed by atoms with Crippen LogP contribution in [0.25, 0.3) is 0 Å². The largest absolute Gasteiger partial charge is 0.492 e. The fourth-order valence-corrected chi connectivity index (χ4v) is 2.74. The van der Waals surface area contributed by atoms with Gasteiger partial charge in [-0.2, -0.15) is 0 Å². The molecule has 1 aromatic rings. The van der Waals surface area contributed by atoms with E-state index >= 15 is 0 Å². The first-order chi connectivity index (χ1) is 12.1. The van der Waals surface area contributed by atoms with Crippen molar-refractivity contribution in [2.75, 3.05) is 39.8 Å². The molecule has 1 heterocycles. The molecule has 1 aliphatic rings. The van der Waals surface area contributed by atoms with Crippen LogP contribution in [0.4, 0.5) is 4.79 Å². The maximum Gasteiger partial charge on any atom is 0.315 e. The van der Waals surface area contributed by atoms with Gasteiger partial charge in [0.05, 0.1) is 13.1 Å². The van der Waals surface area contributed by atoms with E-state index in [0.717, 1.165) is 31.7 Å².